The van der Waals surface area contributed by atoms with Gasteiger partial charge in [0.15, 0.2) is 11.6 Å². The van der Waals surface area contributed by atoms with E-state index in [1.54, 1.807) is 6.07 Å². The van der Waals surface area contributed by atoms with Gasteiger partial charge in [-0.15, -0.1) is 0 Å². The van der Waals surface area contributed by atoms with Crippen molar-refractivity contribution in [1.82, 2.24) is 0 Å². The fraction of sp³-hybridized carbons (Fsp3) is 0.385. The number of hydrogen-bond donors (Lipinski definition) is 1. The third-order valence-corrected chi connectivity index (χ3v) is 2.53. The number of benzene rings is 1. The highest BCUT2D eigenvalue weighted by Gasteiger charge is 2.08. The molecule has 0 aliphatic heterocycles. The van der Waals surface area contributed by atoms with Crippen LogP contribution in [-0.2, 0) is 6.42 Å². The van der Waals surface area contributed by atoms with Crippen molar-refractivity contribution in [1.29, 1.82) is 0 Å². The fourth-order valence-corrected chi connectivity index (χ4v) is 1.56. The van der Waals surface area contributed by atoms with E-state index in [1.807, 2.05) is 6.92 Å². The molecular formula is C13H17F2N. The molecule has 0 spiro atoms. The molecule has 0 aliphatic rings. The van der Waals surface area contributed by atoms with Gasteiger partial charge in [-0.3, -0.25) is 0 Å². The molecule has 16 heavy (non-hydrogen) atoms. The van der Waals surface area contributed by atoms with Gasteiger partial charge in [-0.05, 0) is 37.0 Å². The lowest BCUT2D eigenvalue weighted by Crippen LogP contribution is -2.23. The van der Waals surface area contributed by atoms with Crippen LogP contribution in [0.15, 0.2) is 30.4 Å². The van der Waals surface area contributed by atoms with Crippen LogP contribution in [0.2, 0.25) is 0 Å². The van der Waals surface area contributed by atoms with E-state index < -0.39 is 11.6 Å². The molecule has 1 nitrogen and oxygen atoms in total. The molecule has 1 aromatic rings. The molecule has 0 aliphatic carbocycles. The van der Waals surface area contributed by atoms with E-state index in [9.17, 15) is 8.78 Å². The minimum Gasteiger partial charge on any atom is -0.327 e. The van der Waals surface area contributed by atoms with Crippen LogP contribution in [0.3, 0.4) is 0 Å². The Labute approximate surface area is 95.0 Å². The average Bonchev–Trinajstić information content (AvgIpc) is 2.23. The van der Waals surface area contributed by atoms with Crippen LogP contribution < -0.4 is 5.73 Å². The summed E-state index contributed by atoms with van der Waals surface area (Å²) in [5.41, 5.74) is 7.69. The fourth-order valence-electron chi connectivity index (χ4n) is 1.56. The maximum Gasteiger partial charge on any atom is 0.159 e. The van der Waals surface area contributed by atoms with Crippen molar-refractivity contribution in [3.63, 3.8) is 0 Å². The number of nitrogens with two attached hydrogens (primary N) is 1. The number of hydrogen-bond acceptors (Lipinski definition) is 1. The third-order valence-electron chi connectivity index (χ3n) is 2.53. The Bertz CT molecular complexity index is 374. The summed E-state index contributed by atoms with van der Waals surface area (Å²) in [5.74, 6) is -1.64. The van der Waals surface area contributed by atoms with Gasteiger partial charge in [-0.1, -0.05) is 25.1 Å². The summed E-state index contributed by atoms with van der Waals surface area (Å²) < 4.78 is 25.6. The topological polar surface area (TPSA) is 26.0 Å². The first-order chi connectivity index (χ1) is 7.52. The van der Waals surface area contributed by atoms with Crippen LogP contribution >= 0.6 is 0 Å². The molecule has 88 valence electrons. The van der Waals surface area contributed by atoms with Gasteiger partial charge in [0.05, 0.1) is 0 Å². The molecule has 1 aromatic carbocycles. The highest BCUT2D eigenvalue weighted by molar-refractivity contribution is 5.19. The molecule has 0 radical (unpaired) electrons. The van der Waals surface area contributed by atoms with Crippen molar-refractivity contribution < 1.29 is 8.78 Å². The van der Waals surface area contributed by atoms with Crippen LogP contribution in [0.4, 0.5) is 8.78 Å². The normalized spacial score (nSPS) is 12.5. The quantitative estimate of drug-likeness (QED) is 0.765. The van der Waals surface area contributed by atoms with Gasteiger partial charge in [-0.2, -0.15) is 0 Å². The molecule has 2 N–H and O–H groups in total. The van der Waals surface area contributed by atoms with Crippen LogP contribution in [0.5, 0.6) is 0 Å². The van der Waals surface area contributed by atoms with E-state index in [0.29, 0.717) is 6.42 Å². The predicted molar refractivity (Wildman–Crippen MR) is 62.1 cm³/mol. The van der Waals surface area contributed by atoms with E-state index in [1.165, 1.54) is 6.07 Å². The Balaban J connectivity index is 2.59. The lowest BCUT2D eigenvalue weighted by molar-refractivity contribution is 0.506. The van der Waals surface area contributed by atoms with Gasteiger partial charge < -0.3 is 5.73 Å². The molecule has 1 unspecified atom stereocenters. The van der Waals surface area contributed by atoms with Gasteiger partial charge in [0.25, 0.3) is 0 Å². The van der Waals surface area contributed by atoms with Crippen LogP contribution in [0.1, 0.15) is 25.3 Å². The largest absolute Gasteiger partial charge is 0.327 e. The molecule has 0 heterocycles. The summed E-state index contributed by atoms with van der Waals surface area (Å²) in [7, 11) is 0. The molecule has 3 heteroatoms. The van der Waals surface area contributed by atoms with Gasteiger partial charge >= 0.3 is 0 Å². The SMILES string of the molecule is C=C(CC)CC(N)Cc1ccc(F)c(F)c1. The number of halogens is 2. The molecule has 0 aromatic heterocycles. The van der Waals surface area contributed by atoms with E-state index in [2.05, 4.69) is 6.58 Å². The smallest absolute Gasteiger partial charge is 0.159 e. The van der Waals surface area contributed by atoms with Crippen LogP contribution in [0, 0.1) is 11.6 Å². The maximum absolute atomic E-state index is 12.9. The summed E-state index contributed by atoms with van der Waals surface area (Å²) >= 11 is 0. The Morgan fingerprint density at radius 1 is 1.38 bits per heavy atom. The Morgan fingerprint density at radius 3 is 2.62 bits per heavy atom. The average molecular weight is 225 g/mol. The Morgan fingerprint density at radius 2 is 2.06 bits per heavy atom. The van der Waals surface area contributed by atoms with Crippen molar-refractivity contribution in [2.75, 3.05) is 0 Å². The summed E-state index contributed by atoms with van der Waals surface area (Å²) in [6.07, 6.45) is 2.15. The zero-order valence-corrected chi connectivity index (χ0v) is 9.47. The molecule has 1 atom stereocenters. The van der Waals surface area contributed by atoms with Crippen molar-refractivity contribution in [3.8, 4) is 0 Å². The monoisotopic (exact) mass is 225 g/mol. The minimum atomic E-state index is -0.824. The first kappa shape index (κ1) is 12.8. The van der Waals surface area contributed by atoms with Crippen molar-refractivity contribution >= 4 is 0 Å². The second-order valence-corrected chi connectivity index (χ2v) is 4.02. The van der Waals surface area contributed by atoms with E-state index >= 15 is 0 Å². The zero-order valence-electron chi connectivity index (χ0n) is 9.47. The van der Waals surface area contributed by atoms with Gasteiger partial charge in [0.1, 0.15) is 0 Å². The second-order valence-electron chi connectivity index (χ2n) is 4.02. The van der Waals surface area contributed by atoms with E-state index in [0.717, 1.165) is 30.0 Å². The Kier molecular flexibility index (Phi) is 4.62. The molecule has 0 fully saturated rings. The van der Waals surface area contributed by atoms with Crippen molar-refractivity contribution in [2.45, 2.75) is 32.2 Å². The highest BCUT2D eigenvalue weighted by Crippen LogP contribution is 2.13. The Hall–Kier alpha value is -1.22. The molecule has 0 amide bonds. The van der Waals surface area contributed by atoms with Gasteiger partial charge in [0, 0.05) is 6.04 Å². The molecule has 0 bridgehead atoms. The zero-order chi connectivity index (χ0) is 12.1. The summed E-state index contributed by atoms with van der Waals surface area (Å²) in [6, 6.07) is 3.81. The molecule has 1 rings (SSSR count). The standard InChI is InChI=1S/C13H17F2N/c1-3-9(2)6-11(16)7-10-4-5-12(14)13(15)8-10/h4-5,8,11H,2-3,6-7,16H2,1H3. The van der Waals surface area contributed by atoms with Crippen molar-refractivity contribution in [2.24, 2.45) is 5.73 Å². The summed E-state index contributed by atoms with van der Waals surface area (Å²) in [4.78, 5) is 0. The molecule has 0 saturated heterocycles. The lowest BCUT2D eigenvalue weighted by Gasteiger charge is -2.12. The first-order valence-corrected chi connectivity index (χ1v) is 5.39. The maximum atomic E-state index is 12.9. The van der Waals surface area contributed by atoms with E-state index in [4.69, 9.17) is 5.73 Å². The first-order valence-electron chi connectivity index (χ1n) is 5.39. The van der Waals surface area contributed by atoms with Crippen LogP contribution in [0.25, 0.3) is 0 Å². The summed E-state index contributed by atoms with van der Waals surface area (Å²) in [5, 5.41) is 0. The third kappa shape index (κ3) is 3.74. The molecular weight excluding hydrogens is 208 g/mol. The number of rotatable bonds is 5. The predicted octanol–water partition coefficient (Wildman–Crippen LogP) is 3.19. The minimum absolute atomic E-state index is 0.0858. The van der Waals surface area contributed by atoms with Gasteiger partial charge in [0.2, 0.25) is 0 Å². The molecule has 0 saturated carbocycles. The van der Waals surface area contributed by atoms with E-state index in [-0.39, 0.29) is 6.04 Å². The second kappa shape index (κ2) is 5.75. The highest BCUT2D eigenvalue weighted by atomic mass is 19.2. The summed E-state index contributed by atoms with van der Waals surface area (Å²) in [6.45, 7) is 5.89. The van der Waals surface area contributed by atoms with Gasteiger partial charge in [-0.25, -0.2) is 8.78 Å². The lowest BCUT2D eigenvalue weighted by atomic mass is 9.99. The van der Waals surface area contributed by atoms with Crippen LogP contribution in [-0.4, -0.2) is 6.04 Å². The van der Waals surface area contributed by atoms with Crippen molar-refractivity contribution in [3.05, 3.63) is 47.5 Å².